The van der Waals surface area contributed by atoms with Crippen LogP contribution in [0.5, 0.6) is 0 Å². The molecule has 0 saturated heterocycles. The van der Waals surface area contributed by atoms with Crippen LogP contribution in [0.2, 0.25) is 0 Å². The smallest absolute Gasteiger partial charge is 0.0650 e. The topological polar surface area (TPSA) is 0 Å². The molecular formula is C8H13Si. The molecule has 0 atom stereocenters. The van der Waals surface area contributed by atoms with Crippen LogP contribution in [0, 0.1) is 5.41 Å². The molecule has 0 nitrogen and oxygen atoms in total. The van der Waals surface area contributed by atoms with E-state index in [2.05, 4.69) is 31.0 Å². The predicted octanol–water partition coefficient (Wildman–Crippen LogP) is 2.25. The maximum atomic E-state index is 3.61. The lowest BCUT2D eigenvalue weighted by Crippen LogP contribution is -2.06. The van der Waals surface area contributed by atoms with E-state index in [-0.39, 0.29) is 0 Å². The SMILES string of the molecule is CC1=C([Si])CCC1(C)C. The highest BCUT2D eigenvalue weighted by molar-refractivity contribution is 6.22. The Kier molecular flexibility index (Phi) is 1.55. The molecule has 0 aliphatic heterocycles. The van der Waals surface area contributed by atoms with Crippen LogP contribution >= 0.6 is 0 Å². The fourth-order valence-electron chi connectivity index (χ4n) is 1.22. The standard InChI is InChI=1S/C8H13Si/c1-6-7(9)4-5-8(6,2)3/h4-5H2,1-3H3. The molecule has 0 aromatic heterocycles. The van der Waals surface area contributed by atoms with Gasteiger partial charge in [-0.05, 0) is 25.2 Å². The third-order valence-electron chi connectivity index (χ3n) is 2.47. The van der Waals surface area contributed by atoms with Gasteiger partial charge in [-0.25, -0.2) is 0 Å². The van der Waals surface area contributed by atoms with E-state index in [0.29, 0.717) is 5.41 Å². The molecule has 9 heavy (non-hydrogen) atoms. The fraction of sp³-hybridized carbons (Fsp3) is 0.750. The van der Waals surface area contributed by atoms with Gasteiger partial charge in [0.1, 0.15) is 0 Å². The molecule has 0 heterocycles. The molecule has 1 rings (SSSR count). The molecule has 0 fully saturated rings. The summed E-state index contributed by atoms with van der Waals surface area (Å²) in [7, 11) is 3.61. The first-order chi connectivity index (χ1) is 4.04. The van der Waals surface area contributed by atoms with Gasteiger partial charge in [0.15, 0.2) is 0 Å². The van der Waals surface area contributed by atoms with Gasteiger partial charge in [0, 0.05) is 0 Å². The zero-order valence-corrected chi connectivity index (χ0v) is 7.41. The molecule has 1 heteroatoms. The number of hydrogen-bond acceptors (Lipinski definition) is 0. The van der Waals surface area contributed by atoms with E-state index < -0.39 is 0 Å². The van der Waals surface area contributed by atoms with Crippen LogP contribution in [-0.2, 0) is 0 Å². The maximum Gasteiger partial charge on any atom is 0.0650 e. The van der Waals surface area contributed by atoms with Crippen LogP contribution < -0.4 is 0 Å². The van der Waals surface area contributed by atoms with E-state index in [9.17, 15) is 0 Å². The summed E-state index contributed by atoms with van der Waals surface area (Å²) in [4.78, 5) is 0. The van der Waals surface area contributed by atoms with Crippen LogP contribution in [0.1, 0.15) is 33.6 Å². The van der Waals surface area contributed by atoms with Crippen molar-refractivity contribution in [2.45, 2.75) is 33.6 Å². The molecule has 0 spiro atoms. The van der Waals surface area contributed by atoms with Crippen molar-refractivity contribution in [1.82, 2.24) is 0 Å². The highest BCUT2D eigenvalue weighted by Crippen LogP contribution is 2.40. The van der Waals surface area contributed by atoms with E-state index in [4.69, 9.17) is 0 Å². The Morgan fingerprint density at radius 1 is 1.44 bits per heavy atom. The Morgan fingerprint density at radius 2 is 2.00 bits per heavy atom. The molecule has 49 valence electrons. The summed E-state index contributed by atoms with van der Waals surface area (Å²) < 4.78 is 0. The van der Waals surface area contributed by atoms with Crippen molar-refractivity contribution in [1.29, 1.82) is 0 Å². The van der Waals surface area contributed by atoms with Gasteiger partial charge in [-0.1, -0.05) is 24.6 Å². The second-order valence-electron chi connectivity index (χ2n) is 3.49. The Hall–Kier alpha value is -0.0431. The molecule has 0 amide bonds. The van der Waals surface area contributed by atoms with Crippen molar-refractivity contribution in [3.8, 4) is 0 Å². The Balaban J connectivity index is 2.88. The first kappa shape index (κ1) is 7.07. The Labute approximate surface area is 60.8 Å². The minimum Gasteiger partial charge on any atom is -0.0889 e. The van der Waals surface area contributed by atoms with Crippen LogP contribution in [0.3, 0.4) is 0 Å². The largest absolute Gasteiger partial charge is 0.0889 e. The number of rotatable bonds is 0. The van der Waals surface area contributed by atoms with Crippen LogP contribution in [0.15, 0.2) is 10.8 Å². The van der Waals surface area contributed by atoms with Crippen LogP contribution in [0.4, 0.5) is 0 Å². The molecule has 0 N–H and O–H groups in total. The third kappa shape index (κ3) is 1.11. The minimum absolute atomic E-state index is 0.455. The summed E-state index contributed by atoms with van der Waals surface area (Å²) in [6, 6.07) is 0. The van der Waals surface area contributed by atoms with Crippen molar-refractivity contribution in [2.24, 2.45) is 5.41 Å². The van der Waals surface area contributed by atoms with E-state index in [1.54, 1.807) is 0 Å². The van der Waals surface area contributed by atoms with Gasteiger partial charge in [0.2, 0.25) is 0 Å². The quantitative estimate of drug-likeness (QED) is 0.449. The highest BCUT2D eigenvalue weighted by Gasteiger charge is 2.26. The summed E-state index contributed by atoms with van der Waals surface area (Å²) in [6.45, 7) is 6.82. The normalized spacial score (nSPS) is 25.3. The lowest BCUT2D eigenvalue weighted by atomic mass is 9.87. The van der Waals surface area contributed by atoms with Gasteiger partial charge < -0.3 is 0 Å². The molecule has 0 aromatic rings. The lowest BCUT2D eigenvalue weighted by Gasteiger charge is -2.19. The van der Waals surface area contributed by atoms with Gasteiger partial charge in [-0.2, -0.15) is 0 Å². The molecular weight excluding hydrogens is 124 g/mol. The summed E-state index contributed by atoms with van der Waals surface area (Å²) in [5.74, 6) is 0. The van der Waals surface area contributed by atoms with Crippen LogP contribution in [0.25, 0.3) is 0 Å². The molecule has 0 unspecified atom stereocenters. The summed E-state index contributed by atoms with van der Waals surface area (Å²) >= 11 is 0. The first-order valence-electron chi connectivity index (χ1n) is 3.46. The Bertz CT molecular complexity index is 154. The fourth-order valence-corrected chi connectivity index (χ4v) is 1.68. The first-order valence-corrected chi connectivity index (χ1v) is 3.96. The molecule has 3 radical (unpaired) electrons. The van der Waals surface area contributed by atoms with E-state index in [0.717, 1.165) is 0 Å². The second-order valence-corrected chi connectivity index (χ2v) is 4.09. The van der Waals surface area contributed by atoms with Crippen molar-refractivity contribution in [2.75, 3.05) is 0 Å². The third-order valence-corrected chi connectivity index (χ3v) is 3.09. The molecule has 0 aromatic carbocycles. The van der Waals surface area contributed by atoms with Crippen molar-refractivity contribution >= 4 is 10.2 Å². The van der Waals surface area contributed by atoms with Gasteiger partial charge in [0.25, 0.3) is 0 Å². The second kappa shape index (κ2) is 1.98. The van der Waals surface area contributed by atoms with Gasteiger partial charge in [0.05, 0.1) is 10.2 Å². The van der Waals surface area contributed by atoms with Crippen molar-refractivity contribution in [3.63, 3.8) is 0 Å². The Morgan fingerprint density at radius 3 is 2.11 bits per heavy atom. The number of hydrogen-bond donors (Lipinski definition) is 0. The van der Waals surface area contributed by atoms with Crippen molar-refractivity contribution < 1.29 is 0 Å². The van der Waals surface area contributed by atoms with E-state index >= 15 is 0 Å². The summed E-state index contributed by atoms with van der Waals surface area (Å²) in [5, 5.41) is 1.42. The molecule has 0 saturated carbocycles. The van der Waals surface area contributed by atoms with Gasteiger partial charge in [-0.15, -0.1) is 0 Å². The minimum atomic E-state index is 0.455. The molecule has 1 aliphatic rings. The predicted molar refractivity (Wildman–Crippen MR) is 41.5 cm³/mol. The maximum absolute atomic E-state index is 3.61. The lowest BCUT2D eigenvalue weighted by molar-refractivity contribution is 0.443. The zero-order valence-electron chi connectivity index (χ0n) is 6.41. The van der Waals surface area contributed by atoms with E-state index in [1.165, 1.54) is 23.6 Å². The zero-order chi connectivity index (χ0) is 7.07. The summed E-state index contributed by atoms with van der Waals surface area (Å²) in [5.41, 5.74) is 1.98. The van der Waals surface area contributed by atoms with Gasteiger partial charge in [-0.3, -0.25) is 0 Å². The summed E-state index contributed by atoms with van der Waals surface area (Å²) in [6.07, 6.45) is 2.54. The van der Waals surface area contributed by atoms with Gasteiger partial charge >= 0.3 is 0 Å². The number of allylic oxidation sites excluding steroid dienone is 2. The highest BCUT2D eigenvalue weighted by atomic mass is 28.1. The molecule has 1 aliphatic carbocycles. The molecule has 0 bridgehead atoms. The van der Waals surface area contributed by atoms with Crippen LogP contribution in [-0.4, -0.2) is 10.2 Å². The van der Waals surface area contributed by atoms with E-state index in [1.807, 2.05) is 0 Å². The monoisotopic (exact) mass is 137 g/mol. The average molecular weight is 137 g/mol. The average Bonchev–Trinajstić information content (AvgIpc) is 1.97. The van der Waals surface area contributed by atoms with Crippen molar-refractivity contribution in [3.05, 3.63) is 10.8 Å².